The molecule has 1 aromatic heterocycles. The van der Waals surface area contributed by atoms with Crippen LogP contribution in [-0.2, 0) is 4.79 Å². The van der Waals surface area contributed by atoms with Gasteiger partial charge in [-0.1, -0.05) is 11.6 Å². The fraction of sp³-hybridized carbons (Fsp3) is 0.167. The number of ether oxygens (including phenoxy) is 1. The summed E-state index contributed by atoms with van der Waals surface area (Å²) in [6.07, 6.45) is 1.42. The first-order valence-corrected chi connectivity index (χ1v) is 3.36. The largest absolute Gasteiger partial charge is 0.481 e. The SMILES string of the molecule is COc1cc(Cl)nc(N[C]=O)n1. The molecule has 0 bridgehead atoms. The van der Waals surface area contributed by atoms with Gasteiger partial charge in [0, 0.05) is 6.07 Å². The van der Waals surface area contributed by atoms with Crippen LogP contribution < -0.4 is 10.1 Å². The highest BCUT2D eigenvalue weighted by Gasteiger charge is 2.01. The van der Waals surface area contributed by atoms with Crippen LogP contribution in [0.25, 0.3) is 0 Å². The first-order valence-electron chi connectivity index (χ1n) is 2.98. The summed E-state index contributed by atoms with van der Waals surface area (Å²) in [4.78, 5) is 17.3. The lowest BCUT2D eigenvalue weighted by Gasteiger charge is -2.00. The third-order valence-corrected chi connectivity index (χ3v) is 1.24. The Bertz CT molecular complexity index is 292. The van der Waals surface area contributed by atoms with Gasteiger partial charge < -0.3 is 4.74 Å². The molecule has 0 fully saturated rings. The van der Waals surface area contributed by atoms with Gasteiger partial charge >= 0.3 is 6.41 Å². The molecule has 0 spiro atoms. The van der Waals surface area contributed by atoms with E-state index >= 15 is 0 Å². The van der Waals surface area contributed by atoms with Gasteiger partial charge in [0.05, 0.1) is 7.11 Å². The van der Waals surface area contributed by atoms with Gasteiger partial charge in [0.15, 0.2) is 0 Å². The quantitative estimate of drug-likeness (QED) is 0.555. The fourth-order valence-corrected chi connectivity index (χ4v) is 0.776. The van der Waals surface area contributed by atoms with Crippen LogP contribution >= 0.6 is 11.6 Å². The van der Waals surface area contributed by atoms with Crippen molar-refractivity contribution < 1.29 is 9.53 Å². The second-order valence-electron chi connectivity index (χ2n) is 1.78. The van der Waals surface area contributed by atoms with Gasteiger partial charge in [-0.15, -0.1) is 0 Å². The highest BCUT2D eigenvalue weighted by molar-refractivity contribution is 6.29. The van der Waals surface area contributed by atoms with Crippen molar-refractivity contribution in [2.24, 2.45) is 0 Å². The number of methoxy groups -OCH3 is 1. The van der Waals surface area contributed by atoms with Crippen molar-refractivity contribution in [3.63, 3.8) is 0 Å². The summed E-state index contributed by atoms with van der Waals surface area (Å²) >= 11 is 5.56. The molecule has 1 amide bonds. The van der Waals surface area contributed by atoms with E-state index in [0.717, 1.165) is 0 Å². The molecule has 5 nitrogen and oxygen atoms in total. The van der Waals surface area contributed by atoms with Gasteiger partial charge in [-0.3, -0.25) is 10.1 Å². The Morgan fingerprint density at radius 3 is 3.00 bits per heavy atom. The Morgan fingerprint density at radius 1 is 1.67 bits per heavy atom. The van der Waals surface area contributed by atoms with Crippen LogP contribution in [-0.4, -0.2) is 23.5 Å². The van der Waals surface area contributed by atoms with Crippen molar-refractivity contribution in [1.82, 2.24) is 9.97 Å². The number of nitrogens with zero attached hydrogens (tertiary/aromatic N) is 2. The van der Waals surface area contributed by atoms with Crippen LogP contribution in [0, 0.1) is 0 Å². The average Bonchev–Trinajstić information content (AvgIpc) is 2.04. The van der Waals surface area contributed by atoms with Gasteiger partial charge in [-0.25, -0.2) is 4.98 Å². The van der Waals surface area contributed by atoms with Gasteiger partial charge in [-0.2, -0.15) is 4.98 Å². The number of anilines is 1. The Morgan fingerprint density at radius 2 is 2.42 bits per heavy atom. The van der Waals surface area contributed by atoms with E-state index in [1.807, 2.05) is 0 Å². The molecule has 1 aromatic rings. The standard InChI is InChI=1S/C6H5ClN3O2/c1-12-5-2-4(7)9-6(10-5)8-3-11/h2H,1H3,(H,8,9,10,11). The van der Waals surface area contributed by atoms with Crippen molar-refractivity contribution in [1.29, 1.82) is 0 Å². The lowest BCUT2D eigenvalue weighted by atomic mass is 10.6. The first kappa shape index (κ1) is 8.73. The summed E-state index contributed by atoms with van der Waals surface area (Å²) in [7, 11) is 1.44. The molecule has 1 rings (SSSR count). The Balaban J connectivity index is 2.97. The second kappa shape index (κ2) is 3.87. The Labute approximate surface area is 73.7 Å². The normalized spacial score (nSPS) is 9.17. The van der Waals surface area contributed by atoms with Crippen LogP contribution in [0.15, 0.2) is 6.07 Å². The Hall–Kier alpha value is -1.36. The van der Waals surface area contributed by atoms with Crippen LogP contribution in [0.2, 0.25) is 5.15 Å². The number of aromatic nitrogens is 2. The number of hydrogen-bond acceptors (Lipinski definition) is 4. The molecule has 0 saturated heterocycles. The maximum atomic E-state index is 9.89. The average molecular weight is 187 g/mol. The van der Waals surface area contributed by atoms with E-state index in [0.29, 0.717) is 0 Å². The van der Waals surface area contributed by atoms with E-state index in [1.54, 1.807) is 0 Å². The number of carbonyl (C=O) groups excluding carboxylic acids is 1. The predicted molar refractivity (Wildman–Crippen MR) is 42.9 cm³/mol. The second-order valence-corrected chi connectivity index (χ2v) is 2.17. The van der Waals surface area contributed by atoms with Crippen LogP contribution in [0.4, 0.5) is 5.95 Å². The van der Waals surface area contributed by atoms with Crippen LogP contribution in [0.3, 0.4) is 0 Å². The summed E-state index contributed by atoms with van der Waals surface area (Å²) in [5.41, 5.74) is 0. The molecule has 0 aliphatic carbocycles. The lowest BCUT2D eigenvalue weighted by Crippen LogP contribution is -2.01. The molecule has 63 valence electrons. The number of nitrogens with one attached hydrogen (secondary N) is 1. The van der Waals surface area contributed by atoms with Crippen LogP contribution in [0.1, 0.15) is 0 Å². The van der Waals surface area contributed by atoms with E-state index < -0.39 is 0 Å². The van der Waals surface area contributed by atoms with Crippen molar-refractivity contribution >= 4 is 24.0 Å². The number of halogens is 1. The van der Waals surface area contributed by atoms with Crippen molar-refractivity contribution in [2.75, 3.05) is 12.4 Å². The van der Waals surface area contributed by atoms with Gasteiger partial charge in [0.25, 0.3) is 0 Å². The van der Waals surface area contributed by atoms with E-state index in [-0.39, 0.29) is 17.0 Å². The van der Waals surface area contributed by atoms with E-state index in [1.165, 1.54) is 19.6 Å². The molecule has 0 aliphatic rings. The van der Waals surface area contributed by atoms with Crippen LogP contribution in [0.5, 0.6) is 5.88 Å². The summed E-state index contributed by atoms with van der Waals surface area (Å²) < 4.78 is 4.78. The highest BCUT2D eigenvalue weighted by Crippen LogP contribution is 2.14. The summed E-state index contributed by atoms with van der Waals surface area (Å²) in [5.74, 6) is 0.349. The zero-order valence-corrected chi connectivity index (χ0v) is 6.92. The molecule has 1 heterocycles. The molecule has 0 aromatic carbocycles. The number of rotatable bonds is 3. The summed E-state index contributed by atoms with van der Waals surface area (Å²) in [5, 5.41) is 2.32. The molecule has 0 unspecified atom stereocenters. The van der Waals surface area contributed by atoms with E-state index in [4.69, 9.17) is 16.3 Å². The monoisotopic (exact) mass is 186 g/mol. The minimum atomic E-state index is 0.0642. The molecule has 0 saturated carbocycles. The smallest absolute Gasteiger partial charge is 0.316 e. The minimum absolute atomic E-state index is 0.0642. The first-order chi connectivity index (χ1) is 5.76. The van der Waals surface area contributed by atoms with Crippen molar-refractivity contribution in [3.05, 3.63) is 11.2 Å². The Kier molecular flexibility index (Phi) is 2.82. The van der Waals surface area contributed by atoms with E-state index in [9.17, 15) is 4.79 Å². The molecular weight excluding hydrogens is 182 g/mol. The molecule has 6 heteroatoms. The molecule has 0 aliphatic heterocycles. The zero-order chi connectivity index (χ0) is 8.97. The highest BCUT2D eigenvalue weighted by atomic mass is 35.5. The number of amides is 1. The van der Waals surface area contributed by atoms with Gasteiger partial charge in [0.1, 0.15) is 5.15 Å². The van der Waals surface area contributed by atoms with Gasteiger partial charge in [0.2, 0.25) is 11.8 Å². The molecular formula is C6H5ClN3O2. The maximum Gasteiger partial charge on any atom is 0.316 e. The van der Waals surface area contributed by atoms with Gasteiger partial charge in [-0.05, 0) is 0 Å². The minimum Gasteiger partial charge on any atom is -0.481 e. The molecule has 1 N–H and O–H groups in total. The third kappa shape index (κ3) is 2.06. The summed E-state index contributed by atoms with van der Waals surface area (Å²) in [6.45, 7) is 0. The van der Waals surface area contributed by atoms with Crippen molar-refractivity contribution in [3.8, 4) is 5.88 Å². The maximum absolute atomic E-state index is 9.89. The van der Waals surface area contributed by atoms with E-state index in [2.05, 4.69) is 15.3 Å². The number of hydrogen-bond donors (Lipinski definition) is 1. The predicted octanol–water partition coefficient (Wildman–Crippen LogP) is 0.618. The third-order valence-electron chi connectivity index (χ3n) is 1.04. The summed E-state index contributed by atoms with van der Waals surface area (Å²) in [6, 6.07) is 1.43. The topological polar surface area (TPSA) is 64.1 Å². The lowest BCUT2D eigenvalue weighted by molar-refractivity contribution is 0.397. The molecule has 1 radical (unpaired) electrons. The molecule has 0 atom stereocenters. The van der Waals surface area contributed by atoms with Crippen molar-refractivity contribution in [2.45, 2.75) is 0 Å². The fourth-order valence-electron chi connectivity index (χ4n) is 0.603. The zero-order valence-electron chi connectivity index (χ0n) is 6.17. The molecule has 12 heavy (non-hydrogen) atoms.